The number of hydrogen-bond acceptors (Lipinski definition) is 4. The van der Waals surface area contributed by atoms with Crippen LogP contribution in [0.2, 0.25) is 4.34 Å². The van der Waals surface area contributed by atoms with Gasteiger partial charge in [-0.3, -0.25) is 0 Å². The zero-order chi connectivity index (χ0) is 13.2. The van der Waals surface area contributed by atoms with E-state index in [1.807, 2.05) is 0 Å². The molecule has 0 aromatic carbocycles. The highest BCUT2D eigenvalue weighted by Gasteiger charge is 2.33. The van der Waals surface area contributed by atoms with E-state index in [9.17, 15) is 8.42 Å². The van der Waals surface area contributed by atoms with E-state index in [-0.39, 0.29) is 16.9 Å². The number of hydrogen-bond donors (Lipinski definition) is 1. The van der Waals surface area contributed by atoms with Crippen molar-refractivity contribution < 1.29 is 13.5 Å². The van der Waals surface area contributed by atoms with Gasteiger partial charge in [-0.2, -0.15) is 4.31 Å². The average Bonchev–Trinajstić information content (AvgIpc) is 2.78. The SMILES string of the molecule is O=S(=O)(c1ccc(Cl)s1)N1CCCCC1CCO. The highest BCUT2D eigenvalue weighted by Crippen LogP contribution is 2.32. The molecule has 1 unspecified atom stereocenters. The molecule has 1 aromatic rings. The van der Waals surface area contributed by atoms with Crippen LogP contribution in [0.15, 0.2) is 16.3 Å². The molecule has 1 aliphatic rings. The van der Waals surface area contributed by atoms with Crippen molar-refractivity contribution in [3.8, 4) is 0 Å². The van der Waals surface area contributed by atoms with Gasteiger partial charge in [0.1, 0.15) is 4.21 Å². The van der Waals surface area contributed by atoms with Crippen LogP contribution in [-0.2, 0) is 10.0 Å². The lowest BCUT2D eigenvalue weighted by Crippen LogP contribution is -2.43. The molecule has 1 saturated heterocycles. The lowest BCUT2D eigenvalue weighted by atomic mass is 10.0. The number of rotatable bonds is 4. The Balaban J connectivity index is 2.27. The molecule has 1 atom stereocenters. The Bertz CT molecular complexity index is 498. The van der Waals surface area contributed by atoms with Crippen molar-refractivity contribution in [1.29, 1.82) is 0 Å². The summed E-state index contributed by atoms with van der Waals surface area (Å²) >= 11 is 6.88. The fourth-order valence-electron chi connectivity index (χ4n) is 2.28. The molecule has 0 saturated carbocycles. The van der Waals surface area contributed by atoms with Gasteiger partial charge < -0.3 is 5.11 Å². The van der Waals surface area contributed by atoms with Crippen LogP contribution in [0.1, 0.15) is 25.7 Å². The fraction of sp³-hybridized carbons (Fsp3) is 0.636. The standard InChI is InChI=1S/C11H16ClNO3S2/c12-10-4-5-11(17-10)18(15,16)13-7-2-1-3-9(13)6-8-14/h4-5,9,14H,1-3,6-8H2. The van der Waals surface area contributed by atoms with E-state index < -0.39 is 10.0 Å². The molecule has 1 aromatic heterocycles. The Hall–Kier alpha value is -0.140. The van der Waals surface area contributed by atoms with Crippen molar-refractivity contribution in [3.05, 3.63) is 16.5 Å². The summed E-state index contributed by atoms with van der Waals surface area (Å²) in [6.45, 7) is 0.546. The van der Waals surface area contributed by atoms with Crippen molar-refractivity contribution in [2.75, 3.05) is 13.2 Å². The normalized spacial score (nSPS) is 22.2. The Morgan fingerprint density at radius 2 is 2.22 bits per heavy atom. The summed E-state index contributed by atoms with van der Waals surface area (Å²) in [7, 11) is -3.46. The first-order chi connectivity index (χ1) is 8.55. The van der Waals surface area contributed by atoms with Gasteiger partial charge in [-0.25, -0.2) is 8.42 Å². The third-order valence-electron chi connectivity index (χ3n) is 3.15. The summed E-state index contributed by atoms with van der Waals surface area (Å²) < 4.78 is 27.3. The summed E-state index contributed by atoms with van der Waals surface area (Å²) in [5.74, 6) is 0. The van der Waals surface area contributed by atoms with Crippen LogP contribution in [0.4, 0.5) is 0 Å². The van der Waals surface area contributed by atoms with Crippen LogP contribution in [0.5, 0.6) is 0 Å². The monoisotopic (exact) mass is 309 g/mol. The van der Waals surface area contributed by atoms with Gasteiger partial charge in [0.2, 0.25) is 0 Å². The predicted molar refractivity (Wildman–Crippen MR) is 72.6 cm³/mol. The molecule has 18 heavy (non-hydrogen) atoms. The number of aliphatic hydroxyl groups excluding tert-OH is 1. The number of aliphatic hydroxyl groups is 1. The molecular formula is C11H16ClNO3S2. The van der Waals surface area contributed by atoms with Gasteiger partial charge in [-0.1, -0.05) is 18.0 Å². The first-order valence-corrected chi connectivity index (χ1v) is 8.57. The van der Waals surface area contributed by atoms with E-state index in [0.29, 0.717) is 17.3 Å². The zero-order valence-electron chi connectivity index (χ0n) is 9.88. The quantitative estimate of drug-likeness (QED) is 0.928. The lowest BCUT2D eigenvalue weighted by molar-refractivity contribution is 0.193. The first-order valence-electron chi connectivity index (χ1n) is 5.94. The molecule has 1 fully saturated rings. The molecule has 102 valence electrons. The molecule has 0 bridgehead atoms. The molecule has 2 rings (SSSR count). The second-order valence-electron chi connectivity index (χ2n) is 4.34. The number of sulfonamides is 1. The van der Waals surface area contributed by atoms with E-state index in [1.165, 1.54) is 4.31 Å². The molecule has 0 spiro atoms. The molecular weight excluding hydrogens is 294 g/mol. The average molecular weight is 310 g/mol. The van der Waals surface area contributed by atoms with Gasteiger partial charge in [0.15, 0.2) is 0 Å². The Morgan fingerprint density at radius 1 is 1.44 bits per heavy atom. The smallest absolute Gasteiger partial charge is 0.252 e. The molecule has 7 heteroatoms. The minimum absolute atomic E-state index is 0.0158. The van der Waals surface area contributed by atoms with Crippen LogP contribution in [-0.4, -0.2) is 37.0 Å². The predicted octanol–water partition coefficient (Wildman–Crippen LogP) is 2.33. The largest absolute Gasteiger partial charge is 0.396 e. The second-order valence-corrected chi connectivity index (χ2v) is 8.17. The molecule has 0 aliphatic carbocycles. The van der Waals surface area contributed by atoms with Gasteiger partial charge >= 0.3 is 0 Å². The Labute approximate surface area is 116 Å². The molecule has 0 amide bonds. The van der Waals surface area contributed by atoms with E-state index in [4.69, 9.17) is 16.7 Å². The van der Waals surface area contributed by atoms with Gasteiger partial charge in [-0.05, 0) is 31.4 Å². The number of halogens is 1. The van der Waals surface area contributed by atoms with Crippen molar-refractivity contribution in [3.63, 3.8) is 0 Å². The molecule has 1 aliphatic heterocycles. The Kier molecular flexibility index (Phi) is 4.66. The summed E-state index contributed by atoms with van der Waals surface area (Å²) in [6.07, 6.45) is 3.21. The van der Waals surface area contributed by atoms with Crippen LogP contribution >= 0.6 is 22.9 Å². The second kappa shape index (κ2) is 5.88. The molecule has 4 nitrogen and oxygen atoms in total. The van der Waals surface area contributed by atoms with E-state index >= 15 is 0 Å². The zero-order valence-corrected chi connectivity index (χ0v) is 12.3. The van der Waals surface area contributed by atoms with E-state index in [1.54, 1.807) is 12.1 Å². The van der Waals surface area contributed by atoms with Crippen molar-refractivity contribution in [2.45, 2.75) is 35.9 Å². The van der Waals surface area contributed by atoms with Gasteiger partial charge in [0.05, 0.1) is 4.34 Å². The summed E-state index contributed by atoms with van der Waals surface area (Å²) in [5, 5.41) is 9.04. The molecule has 1 N–H and O–H groups in total. The number of nitrogens with zero attached hydrogens (tertiary/aromatic N) is 1. The molecule has 0 radical (unpaired) electrons. The molecule has 2 heterocycles. The van der Waals surface area contributed by atoms with Gasteiger partial charge in [-0.15, -0.1) is 11.3 Å². The maximum atomic E-state index is 12.5. The third kappa shape index (κ3) is 2.88. The van der Waals surface area contributed by atoms with Gasteiger partial charge in [0.25, 0.3) is 10.0 Å². The van der Waals surface area contributed by atoms with Crippen molar-refractivity contribution >= 4 is 33.0 Å². The fourth-order valence-corrected chi connectivity index (χ4v) is 5.62. The van der Waals surface area contributed by atoms with Gasteiger partial charge in [0, 0.05) is 19.2 Å². The topological polar surface area (TPSA) is 57.6 Å². The maximum absolute atomic E-state index is 12.5. The van der Waals surface area contributed by atoms with E-state index in [0.717, 1.165) is 30.6 Å². The van der Waals surface area contributed by atoms with Crippen LogP contribution in [0.25, 0.3) is 0 Å². The third-order valence-corrected chi connectivity index (χ3v) is 6.80. The van der Waals surface area contributed by atoms with Crippen molar-refractivity contribution in [1.82, 2.24) is 4.31 Å². The Morgan fingerprint density at radius 3 is 2.83 bits per heavy atom. The van der Waals surface area contributed by atoms with E-state index in [2.05, 4.69) is 0 Å². The van der Waals surface area contributed by atoms with Crippen molar-refractivity contribution in [2.24, 2.45) is 0 Å². The maximum Gasteiger partial charge on any atom is 0.252 e. The number of thiophene rings is 1. The lowest BCUT2D eigenvalue weighted by Gasteiger charge is -2.33. The minimum Gasteiger partial charge on any atom is -0.396 e. The van der Waals surface area contributed by atoms with Crippen LogP contribution in [0, 0.1) is 0 Å². The van der Waals surface area contributed by atoms with Crippen LogP contribution in [0.3, 0.4) is 0 Å². The summed E-state index contributed by atoms with van der Waals surface area (Å²) in [6, 6.07) is 3.06. The van der Waals surface area contributed by atoms with Crippen LogP contribution < -0.4 is 0 Å². The number of piperidine rings is 1. The highest BCUT2D eigenvalue weighted by atomic mass is 35.5. The minimum atomic E-state index is -3.46. The summed E-state index contributed by atoms with van der Waals surface area (Å²) in [5.41, 5.74) is 0. The highest BCUT2D eigenvalue weighted by molar-refractivity contribution is 7.91. The summed E-state index contributed by atoms with van der Waals surface area (Å²) in [4.78, 5) is 0. The first kappa shape index (κ1) is 14.3.